The van der Waals surface area contributed by atoms with E-state index in [1.807, 2.05) is 36.4 Å². The van der Waals surface area contributed by atoms with Gasteiger partial charge in [0.05, 0.1) is 7.11 Å². The molecule has 5 nitrogen and oxygen atoms in total. The molecule has 2 aromatic rings. The van der Waals surface area contributed by atoms with Crippen LogP contribution < -0.4 is 15.0 Å². The lowest BCUT2D eigenvalue weighted by Crippen LogP contribution is -2.26. The van der Waals surface area contributed by atoms with E-state index in [1.165, 1.54) is 5.56 Å². The molecular formula is C21H24N2O3. The standard InChI is InChI=1S/C21H24N2O3/c1-15(24)23-13-11-17-14-18(7-10-20(17)23)21(25)22-12-3-4-16-5-8-19(26-2)9-6-16/h5-10,14H,3-4,11-13H2,1-2H3,(H,22,25). The number of rotatable bonds is 6. The van der Waals surface area contributed by atoms with Gasteiger partial charge in [0.1, 0.15) is 5.75 Å². The smallest absolute Gasteiger partial charge is 0.251 e. The highest BCUT2D eigenvalue weighted by Crippen LogP contribution is 2.28. The number of aryl methyl sites for hydroxylation is 1. The second-order valence-electron chi connectivity index (χ2n) is 6.47. The Morgan fingerprint density at radius 1 is 1.15 bits per heavy atom. The molecule has 2 aromatic carbocycles. The minimum atomic E-state index is -0.0659. The van der Waals surface area contributed by atoms with Crippen molar-refractivity contribution in [3.63, 3.8) is 0 Å². The molecule has 0 unspecified atom stereocenters. The van der Waals surface area contributed by atoms with Gasteiger partial charge < -0.3 is 15.0 Å². The van der Waals surface area contributed by atoms with Crippen LogP contribution in [0.4, 0.5) is 5.69 Å². The lowest BCUT2D eigenvalue weighted by Gasteiger charge is -2.14. The number of carbonyl (C=O) groups excluding carboxylic acids is 2. The zero-order chi connectivity index (χ0) is 18.5. The van der Waals surface area contributed by atoms with E-state index in [-0.39, 0.29) is 11.8 Å². The van der Waals surface area contributed by atoms with Crippen molar-refractivity contribution in [2.45, 2.75) is 26.2 Å². The van der Waals surface area contributed by atoms with Gasteiger partial charge in [-0.25, -0.2) is 0 Å². The van der Waals surface area contributed by atoms with Gasteiger partial charge in [-0.1, -0.05) is 12.1 Å². The average Bonchev–Trinajstić information content (AvgIpc) is 3.09. The number of hydrogen-bond donors (Lipinski definition) is 1. The predicted octanol–water partition coefficient (Wildman–Crippen LogP) is 2.97. The molecule has 1 heterocycles. The van der Waals surface area contributed by atoms with Crippen LogP contribution in [0.25, 0.3) is 0 Å². The summed E-state index contributed by atoms with van der Waals surface area (Å²) >= 11 is 0. The van der Waals surface area contributed by atoms with Crippen LogP contribution >= 0.6 is 0 Å². The first-order chi connectivity index (χ1) is 12.6. The largest absolute Gasteiger partial charge is 0.497 e. The van der Waals surface area contributed by atoms with E-state index in [2.05, 4.69) is 5.32 Å². The van der Waals surface area contributed by atoms with Crippen LogP contribution in [0.15, 0.2) is 42.5 Å². The number of hydrogen-bond acceptors (Lipinski definition) is 3. The van der Waals surface area contributed by atoms with Crippen molar-refractivity contribution in [3.05, 3.63) is 59.2 Å². The molecule has 3 rings (SSSR count). The molecule has 5 heteroatoms. The normalized spacial score (nSPS) is 12.6. The van der Waals surface area contributed by atoms with Crippen molar-refractivity contribution in [2.24, 2.45) is 0 Å². The third kappa shape index (κ3) is 4.04. The summed E-state index contributed by atoms with van der Waals surface area (Å²) in [7, 11) is 1.65. The van der Waals surface area contributed by atoms with E-state index >= 15 is 0 Å². The SMILES string of the molecule is COc1ccc(CCCNC(=O)c2ccc3c(c2)CCN3C(C)=O)cc1. The van der Waals surface area contributed by atoms with Gasteiger partial charge in [-0.2, -0.15) is 0 Å². The fraction of sp³-hybridized carbons (Fsp3) is 0.333. The van der Waals surface area contributed by atoms with Crippen molar-refractivity contribution >= 4 is 17.5 Å². The molecule has 0 saturated heterocycles. The van der Waals surface area contributed by atoms with E-state index in [0.29, 0.717) is 18.7 Å². The minimum absolute atomic E-state index is 0.0412. The molecule has 1 aliphatic heterocycles. The summed E-state index contributed by atoms with van der Waals surface area (Å²) in [6, 6.07) is 13.5. The molecule has 0 aliphatic carbocycles. The van der Waals surface area contributed by atoms with Gasteiger partial charge >= 0.3 is 0 Å². The Morgan fingerprint density at radius 2 is 1.92 bits per heavy atom. The maximum Gasteiger partial charge on any atom is 0.251 e. The van der Waals surface area contributed by atoms with Crippen molar-refractivity contribution in [1.82, 2.24) is 5.32 Å². The van der Waals surface area contributed by atoms with Gasteiger partial charge in [0.25, 0.3) is 5.91 Å². The molecule has 0 atom stereocenters. The molecule has 0 bridgehead atoms. The number of methoxy groups -OCH3 is 1. The molecule has 0 saturated carbocycles. The van der Waals surface area contributed by atoms with E-state index in [1.54, 1.807) is 25.0 Å². The number of ether oxygens (including phenoxy) is 1. The second-order valence-corrected chi connectivity index (χ2v) is 6.47. The Kier molecular flexibility index (Phi) is 5.56. The van der Waals surface area contributed by atoms with Crippen LogP contribution in [0.5, 0.6) is 5.75 Å². The molecule has 0 radical (unpaired) electrons. The first-order valence-electron chi connectivity index (χ1n) is 8.90. The Balaban J connectivity index is 1.50. The van der Waals surface area contributed by atoms with E-state index in [0.717, 1.165) is 36.3 Å². The van der Waals surface area contributed by atoms with Gasteiger partial charge in [-0.3, -0.25) is 9.59 Å². The Morgan fingerprint density at radius 3 is 2.62 bits per heavy atom. The number of fused-ring (bicyclic) bond motifs is 1. The van der Waals surface area contributed by atoms with Crippen LogP contribution in [0.2, 0.25) is 0 Å². The zero-order valence-corrected chi connectivity index (χ0v) is 15.2. The first-order valence-corrected chi connectivity index (χ1v) is 8.90. The Labute approximate surface area is 154 Å². The number of carbonyl (C=O) groups is 2. The summed E-state index contributed by atoms with van der Waals surface area (Å²) < 4.78 is 5.15. The maximum atomic E-state index is 12.3. The van der Waals surface area contributed by atoms with Crippen molar-refractivity contribution < 1.29 is 14.3 Å². The number of nitrogens with zero attached hydrogens (tertiary/aromatic N) is 1. The van der Waals surface area contributed by atoms with Crippen LogP contribution in [-0.2, 0) is 17.6 Å². The summed E-state index contributed by atoms with van der Waals surface area (Å²) in [5.41, 5.74) is 3.86. The highest BCUT2D eigenvalue weighted by atomic mass is 16.5. The Bertz CT molecular complexity index is 799. The lowest BCUT2D eigenvalue weighted by atomic mass is 10.1. The van der Waals surface area contributed by atoms with Gasteiger partial charge in [-0.05, 0) is 60.7 Å². The number of amides is 2. The van der Waals surface area contributed by atoms with Crippen LogP contribution in [0, 0.1) is 0 Å². The van der Waals surface area contributed by atoms with Gasteiger partial charge in [0.2, 0.25) is 5.91 Å². The third-order valence-corrected chi connectivity index (χ3v) is 4.70. The molecule has 136 valence electrons. The second kappa shape index (κ2) is 8.04. The molecular weight excluding hydrogens is 328 g/mol. The quantitative estimate of drug-likeness (QED) is 0.813. The molecule has 0 aromatic heterocycles. The topological polar surface area (TPSA) is 58.6 Å². The first kappa shape index (κ1) is 18.0. The fourth-order valence-electron chi connectivity index (χ4n) is 3.26. The summed E-state index contributed by atoms with van der Waals surface area (Å²) in [6.45, 7) is 2.89. The van der Waals surface area contributed by atoms with Crippen LogP contribution in [-0.4, -0.2) is 32.0 Å². The molecule has 0 spiro atoms. The summed E-state index contributed by atoms with van der Waals surface area (Å²) in [5, 5.41) is 2.97. The van der Waals surface area contributed by atoms with E-state index in [4.69, 9.17) is 4.74 Å². The van der Waals surface area contributed by atoms with Crippen molar-refractivity contribution in [3.8, 4) is 5.75 Å². The molecule has 2 amide bonds. The number of nitrogens with one attached hydrogen (secondary N) is 1. The third-order valence-electron chi connectivity index (χ3n) is 4.70. The van der Waals surface area contributed by atoms with Crippen molar-refractivity contribution in [1.29, 1.82) is 0 Å². The molecule has 1 aliphatic rings. The monoisotopic (exact) mass is 352 g/mol. The molecule has 26 heavy (non-hydrogen) atoms. The molecule has 0 fully saturated rings. The highest BCUT2D eigenvalue weighted by molar-refractivity contribution is 5.97. The van der Waals surface area contributed by atoms with Crippen LogP contribution in [0.3, 0.4) is 0 Å². The van der Waals surface area contributed by atoms with Crippen LogP contribution in [0.1, 0.15) is 34.8 Å². The highest BCUT2D eigenvalue weighted by Gasteiger charge is 2.22. The van der Waals surface area contributed by atoms with Gasteiger partial charge in [0, 0.05) is 31.3 Å². The summed E-state index contributed by atoms with van der Waals surface area (Å²) in [4.78, 5) is 25.7. The number of anilines is 1. The van der Waals surface area contributed by atoms with E-state index < -0.39 is 0 Å². The molecule has 1 N–H and O–H groups in total. The Hall–Kier alpha value is -2.82. The van der Waals surface area contributed by atoms with E-state index in [9.17, 15) is 9.59 Å². The number of benzene rings is 2. The average molecular weight is 352 g/mol. The predicted molar refractivity (Wildman–Crippen MR) is 102 cm³/mol. The van der Waals surface area contributed by atoms with Gasteiger partial charge in [-0.15, -0.1) is 0 Å². The lowest BCUT2D eigenvalue weighted by molar-refractivity contribution is -0.116. The zero-order valence-electron chi connectivity index (χ0n) is 15.2. The van der Waals surface area contributed by atoms with Crippen molar-refractivity contribution in [2.75, 3.05) is 25.1 Å². The summed E-state index contributed by atoms with van der Waals surface area (Å²) in [5.74, 6) is 0.824. The minimum Gasteiger partial charge on any atom is -0.497 e. The fourth-order valence-corrected chi connectivity index (χ4v) is 3.26. The summed E-state index contributed by atoms with van der Waals surface area (Å²) in [6.07, 6.45) is 2.58. The van der Waals surface area contributed by atoms with Gasteiger partial charge in [0.15, 0.2) is 0 Å². The maximum absolute atomic E-state index is 12.3.